The largest absolute Gasteiger partial charge is 0.493 e. The number of hydrogen-bond donors (Lipinski definition) is 0. The van der Waals surface area contributed by atoms with Gasteiger partial charge in [0.2, 0.25) is 0 Å². The van der Waals surface area contributed by atoms with Crippen LogP contribution < -0.4 is 9.47 Å². The molecule has 0 aromatic heterocycles. The summed E-state index contributed by atoms with van der Waals surface area (Å²) in [6, 6.07) is 4.22. The molecule has 0 unspecified atom stereocenters. The maximum absolute atomic E-state index is 12.5. The lowest BCUT2D eigenvalue weighted by Crippen LogP contribution is -2.42. The molecule has 0 bridgehead atoms. The van der Waals surface area contributed by atoms with E-state index in [0.717, 1.165) is 16.7 Å². The lowest BCUT2D eigenvalue weighted by Gasteiger charge is -2.18. The number of esters is 1. The first-order valence-corrected chi connectivity index (χ1v) is 8.40. The van der Waals surface area contributed by atoms with Crippen LogP contribution >= 0.6 is 11.8 Å². The molecule has 0 radical (unpaired) electrons. The molecule has 134 valence electrons. The van der Waals surface area contributed by atoms with E-state index < -0.39 is 23.2 Å². The Morgan fingerprint density at radius 3 is 2.60 bits per heavy atom. The van der Waals surface area contributed by atoms with E-state index in [-0.39, 0.29) is 4.91 Å². The van der Waals surface area contributed by atoms with Gasteiger partial charge in [-0.1, -0.05) is 6.07 Å². The summed E-state index contributed by atoms with van der Waals surface area (Å²) in [5, 5.41) is -0.507. The van der Waals surface area contributed by atoms with Crippen LogP contribution in [0.4, 0.5) is 4.79 Å². The Morgan fingerprint density at radius 1 is 1.28 bits per heavy atom. The van der Waals surface area contributed by atoms with Crippen molar-refractivity contribution in [3.8, 4) is 11.5 Å². The molecule has 0 N–H and O–H groups in total. The quantitative estimate of drug-likeness (QED) is 0.566. The molecule has 2 rings (SSSR count). The maximum atomic E-state index is 12.5. The molecule has 1 atom stereocenters. The summed E-state index contributed by atoms with van der Waals surface area (Å²) in [6.07, 6.45) is 1.58. The van der Waals surface area contributed by atoms with Gasteiger partial charge in [-0.05, 0) is 49.4 Å². The first-order chi connectivity index (χ1) is 11.9. The van der Waals surface area contributed by atoms with Gasteiger partial charge in [0.1, 0.15) is 6.04 Å². The van der Waals surface area contributed by atoms with E-state index in [0.29, 0.717) is 23.7 Å². The second-order valence-corrected chi connectivity index (χ2v) is 6.09. The summed E-state index contributed by atoms with van der Waals surface area (Å²) in [6.45, 7) is 3.82. The second kappa shape index (κ2) is 8.06. The highest BCUT2D eigenvalue weighted by Crippen LogP contribution is 2.35. The summed E-state index contributed by atoms with van der Waals surface area (Å²) in [5.74, 6) is -0.0561. The van der Waals surface area contributed by atoms with Crippen molar-refractivity contribution in [3.05, 3.63) is 28.7 Å². The first kappa shape index (κ1) is 18.9. The molecule has 7 nitrogen and oxygen atoms in total. The number of carbonyl (C=O) groups excluding carboxylic acids is 3. The molecule has 1 aliphatic rings. The number of imide groups is 1. The van der Waals surface area contributed by atoms with Crippen LogP contribution in [-0.2, 0) is 14.3 Å². The van der Waals surface area contributed by atoms with Gasteiger partial charge in [-0.3, -0.25) is 14.5 Å². The lowest BCUT2D eigenvalue weighted by atomic mass is 10.1. The molecule has 0 spiro atoms. The Morgan fingerprint density at radius 2 is 2.00 bits per heavy atom. The number of benzene rings is 1. The number of rotatable bonds is 6. The molecular formula is C17H19NO6S. The summed E-state index contributed by atoms with van der Waals surface area (Å²) < 4.78 is 15.3. The zero-order valence-corrected chi connectivity index (χ0v) is 15.2. The predicted octanol–water partition coefficient (Wildman–Crippen LogP) is 2.69. The number of hydrogen-bond acceptors (Lipinski definition) is 7. The van der Waals surface area contributed by atoms with Crippen molar-refractivity contribution in [2.45, 2.75) is 19.9 Å². The fraction of sp³-hybridized carbons (Fsp3) is 0.353. The molecule has 25 heavy (non-hydrogen) atoms. The van der Waals surface area contributed by atoms with Gasteiger partial charge in [0.05, 0.1) is 25.7 Å². The summed E-state index contributed by atoms with van der Waals surface area (Å²) in [5.41, 5.74) is 0.677. The third-order valence-corrected chi connectivity index (χ3v) is 4.42. The van der Waals surface area contributed by atoms with Gasteiger partial charge in [0.15, 0.2) is 11.5 Å². The zero-order chi connectivity index (χ0) is 18.6. The standard InChI is InChI=1S/C17H19NO6S/c1-5-24-12-7-6-11(8-13(12)22-3)9-14-15(19)18(17(21)25-14)10(2)16(20)23-4/h6-10H,5H2,1-4H3/b14-9-/t10-/m1/s1. The molecule has 8 heteroatoms. The van der Waals surface area contributed by atoms with Crippen molar-refractivity contribution >= 4 is 35.0 Å². The summed E-state index contributed by atoms with van der Waals surface area (Å²) >= 11 is 0.779. The monoisotopic (exact) mass is 365 g/mol. The third kappa shape index (κ3) is 3.96. The molecule has 0 aliphatic carbocycles. The average molecular weight is 365 g/mol. The van der Waals surface area contributed by atoms with Crippen molar-refractivity contribution < 1.29 is 28.6 Å². The number of thioether (sulfide) groups is 1. The van der Waals surface area contributed by atoms with Gasteiger partial charge in [0.25, 0.3) is 11.1 Å². The third-order valence-electron chi connectivity index (χ3n) is 3.54. The molecule has 1 saturated heterocycles. The van der Waals surface area contributed by atoms with Crippen LogP contribution in [-0.4, -0.2) is 48.9 Å². The predicted molar refractivity (Wildman–Crippen MR) is 93.5 cm³/mol. The second-order valence-electron chi connectivity index (χ2n) is 5.09. The number of amides is 2. The SMILES string of the molecule is CCOc1ccc(/C=C2\SC(=O)N([C@H](C)C(=O)OC)C2=O)cc1OC. The van der Waals surface area contributed by atoms with Gasteiger partial charge >= 0.3 is 5.97 Å². The molecule has 1 aliphatic heterocycles. The van der Waals surface area contributed by atoms with Gasteiger partial charge in [-0.2, -0.15) is 0 Å². The zero-order valence-electron chi connectivity index (χ0n) is 14.4. The van der Waals surface area contributed by atoms with Crippen molar-refractivity contribution in [1.29, 1.82) is 0 Å². The van der Waals surface area contributed by atoms with Gasteiger partial charge in [0, 0.05) is 0 Å². The minimum atomic E-state index is -0.974. The smallest absolute Gasteiger partial charge is 0.328 e. The molecule has 1 heterocycles. The van der Waals surface area contributed by atoms with E-state index in [9.17, 15) is 14.4 Å². The maximum Gasteiger partial charge on any atom is 0.328 e. The van der Waals surface area contributed by atoms with E-state index >= 15 is 0 Å². The normalized spacial score (nSPS) is 17.0. The van der Waals surface area contributed by atoms with Crippen LogP contribution in [0, 0.1) is 0 Å². The molecule has 1 aromatic rings. The number of ether oxygens (including phenoxy) is 3. The number of nitrogens with zero attached hydrogens (tertiary/aromatic N) is 1. The van der Waals surface area contributed by atoms with Crippen LogP contribution in [0.5, 0.6) is 11.5 Å². The molecule has 1 fully saturated rings. The molecule has 1 aromatic carbocycles. The van der Waals surface area contributed by atoms with Crippen LogP contribution in [0.2, 0.25) is 0 Å². The van der Waals surface area contributed by atoms with Gasteiger partial charge in [-0.25, -0.2) is 4.79 Å². The molecular weight excluding hydrogens is 346 g/mol. The Labute approximate surface area is 149 Å². The van der Waals surface area contributed by atoms with E-state index in [2.05, 4.69) is 4.74 Å². The highest BCUT2D eigenvalue weighted by Gasteiger charge is 2.41. The molecule has 2 amide bonds. The summed E-state index contributed by atoms with van der Waals surface area (Å²) in [4.78, 5) is 37.3. The van der Waals surface area contributed by atoms with Crippen molar-refractivity contribution in [1.82, 2.24) is 4.90 Å². The van der Waals surface area contributed by atoms with E-state index in [4.69, 9.17) is 9.47 Å². The number of carbonyl (C=O) groups is 3. The Balaban J connectivity index is 2.29. The highest BCUT2D eigenvalue weighted by atomic mass is 32.2. The Bertz CT molecular complexity index is 730. The average Bonchev–Trinajstić information content (AvgIpc) is 2.88. The van der Waals surface area contributed by atoms with Crippen molar-refractivity contribution in [2.24, 2.45) is 0 Å². The van der Waals surface area contributed by atoms with Crippen LogP contribution in [0.15, 0.2) is 23.1 Å². The van der Waals surface area contributed by atoms with Crippen molar-refractivity contribution in [3.63, 3.8) is 0 Å². The minimum absolute atomic E-state index is 0.229. The van der Waals surface area contributed by atoms with Crippen molar-refractivity contribution in [2.75, 3.05) is 20.8 Å². The Hall–Kier alpha value is -2.48. The van der Waals surface area contributed by atoms with E-state index in [1.807, 2.05) is 6.92 Å². The number of methoxy groups -OCH3 is 2. The van der Waals surface area contributed by atoms with Crippen LogP contribution in [0.1, 0.15) is 19.4 Å². The van der Waals surface area contributed by atoms with Gasteiger partial charge < -0.3 is 14.2 Å². The van der Waals surface area contributed by atoms with Crippen LogP contribution in [0.3, 0.4) is 0 Å². The topological polar surface area (TPSA) is 82.1 Å². The summed E-state index contributed by atoms with van der Waals surface area (Å²) in [7, 11) is 2.73. The van der Waals surface area contributed by atoms with E-state index in [1.54, 1.807) is 24.3 Å². The Kier molecular flexibility index (Phi) is 6.08. The minimum Gasteiger partial charge on any atom is -0.493 e. The molecule has 0 saturated carbocycles. The van der Waals surface area contributed by atoms with Crippen LogP contribution in [0.25, 0.3) is 6.08 Å². The fourth-order valence-electron chi connectivity index (χ4n) is 2.29. The van der Waals surface area contributed by atoms with E-state index in [1.165, 1.54) is 21.1 Å². The fourth-order valence-corrected chi connectivity index (χ4v) is 3.20. The first-order valence-electron chi connectivity index (χ1n) is 7.58. The highest BCUT2D eigenvalue weighted by molar-refractivity contribution is 8.18. The van der Waals surface area contributed by atoms with Gasteiger partial charge in [-0.15, -0.1) is 0 Å². The lowest BCUT2D eigenvalue weighted by molar-refractivity contribution is -0.148.